The Bertz CT molecular complexity index is 464. The third-order valence-corrected chi connectivity index (χ3v) is 2.34. The maximum absolute atomic E-state index is 12.1. The van der Waals surface area contributed by atoms with Crippen LogP contribution in [0, 0.1) is 15.5 Å². The fourth-order valence-electron chi connectivity index (χ4n) is 1.43. The van der Waals surface area contributed by atoms with E-state index in [0.717, 1.165) is 0 Å². The lowest BCUT2D eigenvalue weighted by Gasteiger charge is -2.11. The first-order valence-electron chi connectivity index (χ1n) is 5.34. The van der Waals surface area contributed by atoms with Gasteiger partial charge in [0, 0.05) is 29.1 Å². The Morgan fingerprint density at radius 1 is 1.56 bits per heavy atom. The monoisotopic (exact) mass is 257 g/mol. The number of rotatable bonds is 6. The molecular formula is C11H13F2N3O2. The number of hydrogen-bond acceptors (Lipinski definition) is 4. The van der Waals surface area contributed by atoms with Crippen molar-refractivity contribution < 1.29 is 13.7 Å². The van der Waals surface area contributed by atoms with Gasteiger partial charge >= 0.3 is 0 Å². The Balaban J connectivity index is 3.08. The second kappa shape index (κ2) is 6.04. The molecule has 0 heterocycles. The van der Waals surface area contributed by atoms with E-state index in [0.29, 0.717) is 12.1 Å². The van der Waals surface area contributed by atoms with Crippen LogP contribution in [-0.2, 0) is 0 Å². The number of nitrogens with zero attached hydrogens (tertiary/aromatic N) is 1. The highest BCUT2D eigenvalue weighted by Gasteiger charge is 2.14. The van der Waals surface area contributed by atoms with Gasteiger partial charge in [-0.15, -0.1) is 0 Å². The van der Waals surface area contributed by atoms with Crippen molar-refractivity contribution in [1.82, 2.24) is 0 Å². The number of nitro groups is 1. The maximum Gasteiger partial charge on any atom is 0.270 e. The van der Waals surface area contributed by atoms with E-state index < -0.39 is 17.9 Å². The van der Waals surface area contributed by atoms with Crippen LogP contribution in [0.15, 0.2) is 18.2 Å². The summed E-state index contributed by atoms with van der Waals surface area (Å²) in [5, 5.41) is 20.8. The lowest BCUT2D eigenvalue weighted by atomic mass is 10.0. The second-order valence-electron chi connectivity index (χ2n) is 3.59. The number of alkyl halides is 2. The van der Waals surface area contributed by atoms with E-state index in [4.69, 9.17) is 5.41 Å². The minimum Gasteiger partial charge on any atom is -0.379 e. The fourth-order valence-corrected chi connectivity index (χ4v) is 1.43. The number of hydrogen-bond donors (Lipinski definition) is 2. The van der Waals surface area contributed by atoms with Gasteiger partial charge in [0.15, 0.2) is 0 Å². The first-order chi connectivity index (χ1) is 8.45. The topological polar surface area (TPSA) is 79.0 Å². The fraction of sp³-hybridized carbons (Fsp3) is 0.364. The van der Waals surface area contributed by atoms with Crippen molar-refractivity contribution in [3.63, 3.8) is 0 Å². The summed E-state index contributed by atoms with van der Waals surface area (Å²) in [6, 6.07) is 3.79. The molecular weight excluding hydrogens is 244 g/mol. The summed E-state index contributed by atoms with van der Waals surface area (Å²) < 4.78 is 24.2. The molecule has 1 aromatic rings. The van der Waals surface area contributed by atoms with Crippen molar-refractivity contribution in [2.75, 3.05) is 11.9 Å². The molecule has 7 heteroatoms. The van der Waals surface area contributed by atoms with Crippen molar-refractivity contribution in [3.05, 3.63) is 33.9 Å². The van der Waals surface area contributed by atoms with Crippen LogP contribution < -0.4 is 5.32 Å². The molecule has 0 aliphatic heterocycles. The molecule has 0 spiro atoms. The van der Waals surface area contributed by atoms with E-state index in [9.17, 15) is 18.9 Å². The van der Waals surface area contributed by atoms with Gasteiger partial charge in [0.1, 0.15) is 0 Å². The van der Waals surface area contributed by atoms with Gasteiger partial charge in [-0.2, -0.15) is 0 Å². The van der Waals surface area contributed by atoms with Crippen molar-refractivity contribution in [2.24, 2.45) is 0 Å². The molecule has 1 rings (SSSR count). The molecule has 0 saturated carbocycles. The number of nitrogens with one attached hydrogen (secondary N) is 2. The second-order valence-corrected chi connectivity index (χ2v) is 3.59. The summed E-state index contributed by atoms with van der Waals surface area (Å²) in [4.78, 5) is 10.1. The maximum atomic E-state index is 12.1. The molecule has 1 aromatic carbocycles. The molecule has 0 bridgehead atoms. The number of non-ortho nitro benzene ring substituents is 1. The van der Waals surface area contributed by atoms with Gasteiger partial charge in [0.05, 0.1) is 11.5 Å². The highest BCUT2D eigenvalue weighted by Crippen LogP contribution is 2.23. The van der Waals surface area contributed by atoms with Gasteiger partial charge in [-0.1, -0.05) is 6.92 Å². The molecule has 0 aromatic heterocycles. The number of anilines is 1. The molecule has 0 saturated heterocycles. The third kappa shape index (κ3) is 3.47. The lowest BCUT2D eigenvalue weighted by Crippen LogP contribution is -2.13. The van der Waals surface area contributed by atoms with Gasteiger partial charge in [-0.3, -0.25) is 10.1 Å². The van der Waals surface area contributed by atoms with Gasteiger partial charge in [-0.25, -0.2) is 8.78 Å². The van der Waals surface area contributed by atoms with E-state index in [1.165, 1.54) is 18.2 Å². The van der Waals surface area contributed by atoms with Crippen LogP contribution in [0.25, 0.3) is 0 Å². The normalized spacial score (nSPS) is 10.4. The Hall–Kier alpha value is -2.05. The Morgan fingerprint density at radius 2 is 2.22 bits per heavy atom. The number of benzene rings is 1. The first kappa shape index (κ1) is 14.0. The first-order valence-corrected chi connectivity index (χ1v) is 5.34. The summed E-state index contributed by atoms with van der Waals surface area (Å²) in [5.41, 5.74) is 0.598. The van der Waals surface area contributed by atoms with Crippen molar-refractivity contribution >= 4 is 17.1 Å². The summed E-state index contributed by atoms with van der Waals surface area (Å²) in [6.07, 6.45) is -2.16. The van der Waals surface area contributed by atoms with Gasteiger partial charge < -0.3 is 10.7 Å². The quantitative estimate of drug-likeness (QED) is 0.467. The predicted molar refractivity (Wildman–Crippen MR) is 64.7 cm³/mol. The average Bonchev–Trinajstić information content (AvgIpc) is 2.34. The van der Waals surface area contributed by atoms with E-state index in [1.54, 1.807) is 6.92 Å². The molecule has 98 valence electrons. The zero-order valence-electron chi connectivity index (χ0n) is 9.74. The highest BCUT2D eigenvalue weighted by atomic mass is 19.3. The average molecular weight is 257 g/mol. The largest absolute Gasteiger partial charge is 0.379 e. The lowest BCUT2D eigenvalue weighted by molar-refractivity contribution is -0.384. The molecule has 0 radical (unpaired) electrons. The van der Waals surface area contributed by atoms with Crippen LogP contribution >= 0.6 is 0 Å². The molecule has 0 aliphatic carbocycles. The molecule has 18 heavy (non-hydrogen) atoms. The van der Waals surface area contributed by atoms with Crippen molar-refractivity contribution in [1.29, 1.82) is 5.41 Å². The SMILES string of the molecule is CCC(=N)c1cc([N+](=O)[O-])ccc1NCC(F)F. The minimum absolute atomic E-state index is 0.161. The van der Waals surface area contributed by atoms with Crippen molar-refractivity contribution in [2.45, 2.75) is 19.8 Å². The van der Waals surface area contributed by atoms with Crippen LogP contribution in [0.3, 0.4) is 0 Å². The van der Waals surface area contributed by atoms with E-state index in [1.807, 2.05) is 0 Å². The molecule has 0 amide bonds. The van der Waals surface area contributed by atoms with Gasteiger partial charge in [-0.05, 0) is 12.5 Å². The van der Waals surface area contributed by atoms with Gasteiger partial charge in [0.25, 0.3) is 12.1 Å². The van der Waals surface area contributed by atoms with E-state index in [-0.39, 0.29) is 17.0 Å². The zero-order valence-corrected chi connectivity index (χ0v) is 9.74. The van der Waals surface area contributed by atoms with Crippen LogP contribution in [0.2, 0.25) is 0 Å². The molecule has 0 atom stereocenters. The van der Waals surface area contributed by atoms with Crippen LogP contribution in [-0.4, -0.2) is 23.6 Å². The summed E-state index contributed by atoms with van der Waals surface area (Å²) in [6.45, 7) is 1.17. The molecule has 5 nitrogen and oxygen atoms in total. The van der Waals surface area contributed by atoms with E-state index >= 15 is 0 Å². The number of halogens is 2. The smallest absolute Gasteiger partial charge is 0.270 e. The number of nitro benzene ring substituents is 1. The van der Waals surface area contributed by atoms with Crippen LogP contribution in [0.5, 0.6) is 0 Å². The molecule has 0 aliphatic rings. The third-order valence-electron chi connectivity index (χ3n) is 2.34. The Morgan fingerprint density at radius 3 is 2.72 bits per heavy atom. The molecule has 2 N–H and O–H groups in total. The Labute approximate surface area is 102 Å². The highest BCUT2D eigenvalue weighted by molar-refractivity contribution is 6.03. The Kier molecular flexibility index (Phi) is 4.70. The summed E-state index contributed by atoms with van der Waals surface area (Å²) >= 11 is 0. The van der Waals surface area contributed by atoms with Crippen LogP contribution in [0.1, 0.15) is 18.9 Å². The van der Waals surface area contributed by atoms with E-state index in [2.05, 4.69) is 5.32 Å². The van der Waals surface area contributed by atoms with Gasteiger partial charge in [0.2, 0.25) is 0 Å². The zero-order chi connectivity index (χ0) is 13.7. The van der Waals surface area contributed by atoms with Crippen LogP contribution in [0.4, 0.5) is 20.2 Å². The predicted octanol–water partition coefficient (Wildman–Crippen LogP) is 3.05. The summed E-state index contributed by atoms with van der Waals surface area (Å²) in [7, 11) is 0. The molecule has 0 unspecified atom stereocenters. The minimum atomic E-state index is -2.52. The summed E-state index contributed by atoms with van der Waals surface area (Å²) in [5.74, 6) is 0. The molecule has 0 fully saturated rings. The standard InChI is InChI=1S/C11H13F2N3O2/c1-2-9(14)8-5-7(16(17)18)3-4-10(8)15-6-11(12)13/h3-5,11,14-15H,2,6H2,1H3. The van der Waals surface area contributed by atoms with Crippen molar-refractivity contribution in [3.8, 4) is 0 Å².